The molecule has 2 N–H and O–H groups in total. The predicted octanol–water partition coefficient (Wildman–Crippen LogP) is -1.55. The molecule has 72 heavy (non-hydrogen) atoms. The third-order valence-electron chi connectivity index (χ3n) is 2.01. The molecule has 55 heteroatoms. The summed E-state index contributed by atoms with van der Waals surface area (Å²) in [6.45, 7) is 0. The van der Waals surface area contributed by atoms with E-state index >= 15 is 0 Å². The predicted molar refractivity (Wildman–Crippen MR) is 229 cm³/mol. The fourth-order valence-corrected chi connectivity index (χ4v) is 13.9. The zero-order valence-corrected chi connectivity index (χ0v) is 34.7. The third kappa shape index (κ3) is 94.3. The lowest BCUT2D eigenvalue weighted by Gasteiger charge is -2.41. The first kappa shape index (κ1) is 135. The van der Waals surface area contributed by atoms with Crippen LogP contribution in [0.4, 0.5) is 0 Å². The van der Waals surface area contributed by atoms with Gasteiger partial charge in [0.25, 0.3) is 70.4 Å². The Morgan fingerprint density at radius 2 is 0.375 bits per heavy atom. The average molecular weight is 1350 g/mol. The van der Waals surface area contributed by atoms with Gasteiger partial charge >= 0.3 is 0 Å². The van der Waals surface area contributed by atoms with Gasteiger partial charge in [-0.25, -0.2) is 30.2 Å². The van der Waals surface area contributed by atoms with Crippen molar-refractivity contribution in [3.05, 3.63) is 0 Å². The summed E-state index contributed by atoms with van der Waals surface area (Å²) in [6, 6.07) is 0. The molecule has 0 aliphatic carbocycles. The van der Waals surface area contributed by atoms with Gasteiger partial charge in [0.15, 0.2) is 0 Å². The van der Waals surface area contributed by atoms with Gasteiger partial charge in [0.1, 0.15) is 0 Å². The maximum Gasteiger partial charge on any atom is 0.280 e. The van der Waals surface area contributed by atoms with Gasteiger partial charge < -0.3 is 116 Å². The van der Waals surface area contributed by atoms with Gasteiger partial charge in [0, 0.05) is 0 Å². The lowest BCUT2D eigenvalue weighted by Crippen LogP contribution is -2.23. The maximum absolute atomic E-state index is 11.0. The van der Waals surface area contributed by atoms with Gasteiger partial charge in [0.2, 0.25) is 0 Å². The minimum absolute atomic E-state index is 0. The van der Waals surface area contributed by atoms with Gasteiger partial charge in [-0.3, -0.25) is 49.7 Å². The molecule has 1 saturated heterocycles. The Hall–Kier alpha value is 1.83. The summed E-state index contributed by atoms with van der Waals surface area (Å²) in [4.78, 5) is 186. The van der Waals surface area contributed by atoms with E-state index in [9.17, 15) is 143 Å². The Morgan fingerprint density at radius 3 is 0.431 bits per heavy atom. The zero-order chi connectivity index (χ0) is 45.6. The van der Waals surface area contributed by atoms with Crippen LogP contribution in [0, 0.1) is 0 Å². The lowest BCUT2D eigenvalue weighted by molar-refractivity contribution is -0.365. The number of rotatable bonds is 8. The zero-order valence-electron chi connectivity index (χ0n) is 23.0. The van der Waals surface area contributed by atoms with Crippen LogP contribution in [0.3, 0.4) is 0 Å². The average Bonchev–Trinajstić information content (AvgIpc) is 2.57. The Bertz CT molecular complexity index is 1670. The normalized spacial score (nSPS) is 25.8. The summed E-state index contributed by atoms with van der Waals surface area (Å²) >= 11 is 0. The summed E-state index contributed by atoms with van der Waals surface area (Å²) in [7, 11) is -79.3. The molecule has 0 aromatic rings. The first-order valence-corrected chi connectivity index (χ1v) is 28.6. The third-order valence-corrected chi connectivity index (χ3v) is 18.1. The summed E-state index contributed by atoms with van der Waals surface area (Å²) in [6.07, 6.45) is 0. The van der Waals surface area contributed by atoms with E-state index in [-0.39, 0.29) is 126 Å². The Morgan fingerprint density at radius 1 is 0.264 bits per heavy atom. The van der Waals surface area contributed by atoms with Crippen LogP contribution in [0.2, 0.25) is 0 Å². The molecule has 1 aliphatic heterocycles. The largest absolute Gasteiger partial charge is 0.790 e. The van der Waals surface area contributed by atoms with Crippen molar-refractivity contribution in [1.82, 2.24) is 0 Å². The molecule has 1 rings (SSSR count). The maximum atomic E-state index is 11.0. The molecule has 1 heterocycles. The molecule has 2 atom stereocenters. The van der Waals surface area contributed by atoms with Crippen molar-refractivity contribution in [3.63, 3.8) is 0 Å². The van der Waals surface area contributed by atoms with Crippen molar-refractivity contribution in [3.8, 4) is 0 Å². The highest BCUT2D eigenvalue weighted by Crippen LogP contribution is 2.74. The molecule has 0 spiro atoms. The summed E-state index contributed by atoms with van der Waals surface area (Å²) in [5.74, 6) is 0. The molecule has 0 saturated carbocycles. The molecule has 0 bridgehead atoms. The minimum atomic E-state index is -6.56. The van der Waals surface area contributed by atoms with E-state index in [4.69, 9.17) is 9.79 Å². The highest BCUT2D eigenvalue weighted by molar-refractivity contribution is 7.73. The fraction of sp³-hybridized carbons (Fsp3) is 1.00. The second-order valence-corrected chi connectivity index (χ2v) is 24.9. The number of hydrogen-bond acceptors (Lipinski definition) is 40. The van der Waals surface area contributed by atoms with Crippen molar-refractivity contribution in [2.75, 3.05) is 0 Å². The first-order chi connectivity index (χ1) is 23.1. The van der Waals surface area contributed by atoms with Crippen molar-refractivity contribution >= 4 is 102 Å². The highest BCUT2D eigenvalue weighted by atomic mass is 31.3. The van der Waals surface area contributed by atoms with Crippen LogP contribution < -0.4 is 83.2 Å². The lowest BCUT2D eigenvalue weighted by atomic mass is 12.0. The van der Waals surface area contributed by atoms with Crippen LogP contribution in [-0.2, 0) is 102 Å². The van der Waals surface area contributed by atoms with Crippen molar-refractivity contribution in [1.29, 1.82) is 0 Å². The monoisotopic (exact) mass is 1350 g/mol. The second kappa shape index (κ2) is 46.6. The van der Waals surface area contributed by atoms with Gasteiger partial charge in [-0.1, -0.05) is 126 Å². The van der Waals surface area contributed by atoms with Crippen LogP contribution in [0.5, 0.6) is 0 Å². The Balaban J connectivity index is -0.0000000277. The molecule has 42 nitrogen and oxygen atoms in total. The van der Waals surface area contributed by atoms with Gasteiger partial charge in [-0.2, -0.15) is 0 Å². The molecule has 2 unspecified atom stereocenters. The Labute approximate surface area is 422 Å². The molecule has 0 aromatic heterocycles. The molecule has 0 aromatic carbocycles. The van der Waals surface area contributed by atoms with Crippen molar-refractivity contribution < 1.29 is 195 Å². The van der Waals surface area contributed by atoms with Crippen LogP contribution in [0.15, 0.2) is 0 Å². The van der Waals surface area contributed by atoms with Gasteiger partial charge in [-0.05, 0) is 0 Å². The molecular weight excluding hydrogens is 1280 g/mol. The fourth-order valence-electron chi connectivity index (χ4n) is 1.34. The Kier molecular flexibility index (Phi) is 87.4. The standard InChI is InChI=1S/17CH4.H6O18P6.H5O10P3.2H4O7P2/c;;;;;;;;;;;;;;;;;1-19(2)13-20(3,4)15-22(7,8)17-24(11,12)18-23(9,10)16-21(5,6)14-19;1-11(2,3)9-13(7,8)10-12(4,5)6;2*1-8(2,3)7-9(4,5)6/h17*1H4;(H,1,2)(H,3,4)(H,5,6)(H,7,8)(H,9,10)(H,11,12);(H,7,8)(H2,1,2,3)(H2,4,5,6);2*(H2,1,2,3)(H2,4,5,6)/p-17. The van der Waals surface area contributed by atoms with Crippen LogP contribution in [0.25, 0.3) is 0 Å². The van der Waals surface area contributed by atoms with Crippen molar-refractivity contribution in [2.45, 2.75) is 126 Å². The molecule has 1 aliphatic rings. The van der Waals surface area contributed by atoms with Gasteiger partial charge in [-0.15, -0.1) is 0 Å². The van der Waals surface area contributed by atoms with Gasteiger partial charge in [0.05, 0.1) is 31.3 Å². The minimum Gasteiger partial charge on any atom is -0.790 e. The molecule has 0 radical (unpaired) electrons. The quantitative estimate of drug-likeness (QED) is 0.260. The van der Waals surface area contributed by atoms with E-state index in [0.29, 0.717) is 0 Å². The molecule has 1 fully saturated rings. The van der Waals surface area contributed by atoms with Crippen LogP contribution in [-0.4, -0.2) is 9.79 Å². The van der Waals surface area contributed by atoms with Crippen LogP contribution in [0.1, 0.15) is 126 Å². The second-order valence-electron chi connectivity index (χ2n) is 6.67. The van der Waals surface area contributed by atoms with E-state index in [2.05, 4.69) is 43.1 Å². The van der Waals surface area contributed by atoms with E-state index in [1.807, 2.05) is 0 Å². The topological polar surface area (TPSA) is 747 Å². The highest BCUT2D eigenvalue weighted by Gasteiger charge is 2.36. The van der Waals surface area contributed by atoms with E-state index in [1.54, 1.807) is 0 Å². The SMILES string of the molecule is C.C.C.C.C.C.C.C.C.C.C.C.C.C.C.C.C.O=P([O-])(O)OP(=O)([O-])O.O=P([O-])([O-])OP(=O)([O-])OP(=O)([O-])[O-].O=P([O-])([O-])OP(=O)([O-])[O-].O=P1([O-])OP(=O)([O-])OP(=O)([O-])OP(=O)([O-])OP(=O)([O-])OP(=O)([O-])O1. The molecular formula is C17H70O42P13-17. The molecule has 0 amide bonds. The number of hydrogen-bond donors (Lipinski definition) is 2. The molecule has 472 valence electrons. The van der Waals surface area contributed by atoms with E-state index in [0.717, 1.165) is 0 Å². The van der Waals surface area contributed by atoms with Crippen LogP contribution >= 0.6 is 102 Å². The van der Waals surface area contributed by atoms with E-state index < -0.39 is 102 Å². The first-order valence-electron chi connectivity index (χ1n) is 9.53. The summed E-state index contributed by atoms with van der Waals surface area (Å²) in [5, 5.41) is 0. The summed E-state index contributed by atoms with van der Waals surface area (Å²) < 4.78 is 161. The van der Waals surface area contributed by atoms with E-state index in [1.165, 1.54) is 0 Å². The smallest absolute Gasteiger partial charge is 0.280 e. The number of phosphoric acid groups is 13. The summed E-state index contributed by atoms with van der Waals surface area (Å²) in [5.41, 5.74) is 0. The van der Waals surface area contributed by atoms with Crippen molar-refractivity contribution in [2.24, 2.45) is 0 Å².